The number of hydrogen-bond acceptors (Lipinski definition) is 5. The van der Waals surface area contributed by atoms with E-state index in [1.807, 2.05) is 31.2 Å². The number of esters is 1. The Morgan fingerprint density at radius 2 is 1.96 bits per heavy atom. The van der Waals surface area contributed by atoms with Crippen LogP contribution in [0.15, 0.2) is 30.4 Å². The molecule has 6 nitrogen and oxygen atoms in total. The van der Waals surface area contributed by atoms with Gasteiger partial charge in [-0.3, -0.25) is 4.79 Å². The molecule has 148 valence electrons. The van der Waals surface area contributed by atoms with E-state index in [2.05, 4.69) is 4.98 Å². The molecule has 1 aromatic heterocycles. The average molecular weight is 383 g/mol. The highest BCUT2D eigenvalue weighted by Crippen LogP contribution is 2.38. The van der Waals surface area contributed by atoms with E-state index in [0.29, 0.717) is 41.2 Å². The Kier molecular flexibility index (Phi) is 5.87. The molecule has 6 heteroatoms. The number of methoxy groups -OCH3 is 2. The van der Waals surface area contributed by atoms with Gasteiger partial charge in [-0.25, -0.2) is 4.79 Å². The number of carbonyl (C=O) groups excluding carboxylic acids is 2. The molecule has 0 saturated carbocycles. The lowest BCUT2D eigenvalue weighted by Gasteiger charge is -2.23. The lowest BCUT2D eigenvalue weighted by atomic mass is 9.81. The molecule has 1 aromatic carbocycles. The number of nitrogens with one attached hydrogen (secondary N) is 1. The van der Waals surface area contributed by atoms with E-state index < -0.39 is 5.97 Å². The zero-order valence-electron chi connectivity index (χ0n) is 16.6. The van der Waals surface area contributed by atoms with Crippen molar-refractivity contribution in [2.45, 2.75) is 32.6 Å². The summed E-state index contributed by atoms with van der Waals surface area (Å²) in [6, 6.07) is 5.70. The van der Waals surface area contributed by atoms with E-state index in [1.54, 1.807) is 27.2 Å². The number of fused-ring (bicyclic) bond motifs is 1. The van der Waals surface area contributed by atoms with Crippen molar-refractivity contribution >= 4 is 11.8 Å². The number of Topliss-reactive ketones (excluding diaryl/α,β-unsaturated/α-hetero) is 1. The minimum absolute atomic E-state index is 0.00440. The van der Waals surface area contributed by atoms with Crippen LogP contribution in [0.4, 0.5) is 0 Å². The third-order valence-corrected chi connectivity index (χ3v) is 5.12. The van der Waals surface area contributed by atoms with Gasteiger partial charge in [-0.05, 0) is 49.4 Å². The van der Waals surface area contributed by atoms with Crippen LogP contribution in [0, 0.1) is 6.92 Å². The normalized spacial score (nSPS) is 16.1. The maximum Gasteiger partial charge on any atom is 0.355 e. The molecular formula is C22H25NO5. The van der Waals surface area contributed by atoms with Crippen molar-refractivity contribution in [3.63, 3.8) is 0 Å². The van der Waals surface area contributed by atoms with Gasteiger partial charge in [0.15, 0.2) is 17.3 Å². The summed E-state index contributed by atoms with van der Waals surface area (Å²) in [5.41, 5.74) is 3.43. The first-order chi connectivity index (χ1) is 13.5. The molecule has 3 rings (SSSR count). The molecule has 1 aliphatic carbocycles. The molecule has 28 heavy (non-hydrogen) atoms. The molecule has 0 unspecified atom stereocenters. The number of hydrogen-bond donors (Lipinski definition) is 1. The van der Waals surface area contributed by atoms with Crippen LogP contribution < -0.4 is 9.47 Å². The number of aromatic nitrogens is 1. The van der Waals surface area contributed by atoms with Crippen molar-refractivity contribution in [1.29, 1.82) is 0 Å². The van der Waals surface area contributed by atoms with Crippen LogP contribution in [-0.4, -0.2) is 37.6 Å². The van der Waals surface area contributed by atoms with Crippen molar-refractivity contribution in [3.05, 3.63) is 58.4 Å². The van der Waals surface area contributed by atoms with Crippen molar-refractivity contribution in [1.82, 2.24) is 4.98 Å². The summed E-state index contributed by atoms with van der Waals surface area (Å²) in [6.45, 7) is 3.86. The summed E-state index contributed by atoms with van der Waals surface area (Å²) in [4.78, 5) is 28.3. The third kappa shape index (κ3) is 3.67. The molecule has 0 saturated heterocycles. The SMILES string of the molecule is C/C=C/COC(=O)c1[nH]c2c(c1C)C(=O)C[C@H](c1ccc(OC)c(OC)c1)C2. The van der Waals surface area contributed by atoms with Crippen molar-refractivity contribution < 1.29 is 23.8 Å². The first-order valence-corrected chi connectivity index (χ1v) is 9.25. The number of H-pyrrole nitrogens is 1. The Hall–Kier alpha value is -3.02. The molecule has 0 spiro atoms. The maximum atomic E-state index is 12.8. The monoisotopic (exact) mass is 383 g/mol. The number of ether oxygens (including phenoxy) is 3. The van der Waals surface area contributed by atoms with Crippen LogP contribution in [0.25, 0.3) is 0 Å². The summed E-state index contributed by atoms with van der Waals surface area (Å²) < 4.78 is 15.9. The molecule has 1 heterocycles. The van der Waals surface area contributed by atoms with E-state index in [1.165, 1.54) is 0 Å². The number of carbonyl (C=O) groups is 2. The fraction of sp³-hybridized carbons (Fsp3) is 0.364. The van der Waals surface area contributed by atoms with E-state index >= 15 is 0 Å². The Morgan fingerprint density at radius 1 is 1.21 bits per heavy atom. The van der Waals surface area contributed by atoms with Crippen LogP contribution in [-0.2, 0) is 11.2 Å². The smallest absolute Gasteiger partial charge is 0.355 e. The highest BCUT2D eigenvalue weighted by Gasteiger charge is 2.32. The quantitative estimate of drug-likeness (QED) is 0.603. The fourth-order valence-corrected chi connectivity index (χ4v) is 3.67. The lowest BCUT2D eigenvalue weighted by Crippen LogP contribution is -2.18. The zero-order valence-corrected chi connectivity index (χ0v) is 16.6. The van der Waals surface area contributed by atoms with Crippen LogP contribution >= 0.6 is 0 Å². The first-order valence-electron chi connectivity index (χ1n) is 9.25. The highest BCUT2D eigenvalue weighted by atomic mass is 16.5. The van der Waals surface area contributed by atoms with Gasteiger partial charge in [-0.2, -0.15) is 0 Å². The van der Waals surface area contributed by atoms with Crippen molar-refractivity contribution in [3.8, 4) is 11.5 Å². The summed E-state index contributed by atoms with van der Waals surface area (Å²) in [7, 11) is 3.18. The maximum absolute atomic E-state index is 12.8. The first kappa shape index (κ1) is 19.7. The summed E-state index contributed by atoms with van der Waals surface area (Å²) in [5, 5.41) is 0. The van der Waals surface area contributed by atoms with Crippen LogP contribution in [0.2, 0.25) is 0 Å². The molecule has 0 radical (unpaired) electrons. The van der Waals surface area contributed by atoms with Gasteiger partial charge >= 0.3 is 5.97 Å². The Morgan fingerprint density at radius 3 is 2.64 bits per heavy atom. The second-order valence-corrected chi connectivity index (χ2v) is 6.79. The van der Waals surface area contributed by atoms with Gasteiger partial charge in [-0.15, -0.1) is 0 Å². The molecule has 0 fully saturated rings. The van der Waals surface area contributed by atoms with Crippen molar-refractivity contribution in [2.24, 2.45) is 0 Å². The Balaban J connectivity index is 1.88. The van der Waals surface area contributed by atoms with Crippen molar-refractivity contribution in [2.75, 3.05) is 20.8 Å². The predicted molar refractivity (Wildman–Crippen MR) is 106 cm³/mol. The van der Waals surface area contributed by atoms with Gasteiger partial charge in [-0.1, -0.05) is 18.2 Å². The van der Waals surface area contributed by atoms with Gasteiger partial charge in [0.05, 0.1) is 14.2 Å². The second kappa shape index (κ2) is 8.33. The zero-order chi connectivity index (χ0) is 20.3. The topological polar surface area (TPSA) is 77.6 Å². The number of allylic oxidation sites excluding steroid dienone is 1. The molecule has 1 atom stereocenters. The van der Waals surface area contributed by atoms with Crippen LogP contribution in [0.1, 0.15) is 56.9 Å². The Labute approximate surface area is 164 Å². The van der Waals surface area contributed by atoms with Gasteiger partial charge in [0.2, 0.25) is 0 Å². The molecule has 0 amide bonds. The summed E-state index contributed by atoms with van der Waals surface area (Å²) >= 11 is 0. The van der Waals surface area contributed by atoms with E-state index in [-0.39, 0.29) is 18.3 Å². The summed E-state index contributed by atoms with van der Waals surface area (Å²) in [6.07, 6.45) is 4.60. The van der Waals surface area contributed by atoms with Crippen LogP contribution in [0.5, 0.6) is 11.5 Å². The van der Waals surface area contributed by atoms with Crippen LogP contribution in [0.3, 0.4) is 0 Å². The highest BCUT2D eigenvalue weighted by molar-refractivity contribution is 6.03. The van der Waals surface area contributed by atoms with Gasteiger partial charge in [0.25, 0.3) is 0 Å². The average Bonchev–Trinajstić information content (AvgIpc) is 3.04. The Bertz CT molecular complexity index is 925. The second-order valence-electron chi connectivity index (χ2n) is 6.79. The molecule has 1 N–H and O–H groups in total. The molecule has 0 bridgehead atoms. The predicted octanol–water partition coefficient (Wildman–Crippen LogP) is 3.99. The molecule has 1 aliphatic rings. The standard InChI is InChI=1S/C22H25NO5/c1-5-6-9-28-22(25)21-13(2)20-16(23-21)10-15(11-17(20)24)14-7-8-18(26-3)19(12-14)27-4/h5-8,12,15,23H,9-11H2,1-4H3/b6-5+/t15-/m1/s1. The van der Waals surface area contributed by atoms with E-state index in [9.17, 15) is 9.59 Å². The number of aromatic amines is 1. The number of rotatable bonds is 6. The number of benzene rings is 1. The number of ketones is 1. The molecular weight excluding hydrogens is 358 g/mol. The minimum Gasteiger partial charge on any atom is -0.493 e. The van der Waals surface area contributed by atoms with Gasteiger partial charge in [0.1, 0.15) is 12.3 Å². The third-order valence-electron chi connectivity index (χ3n) is 5.12. The fourth-order valence-electron chi connectivity index (χ4n) is 3.67. The largest absolute Gasteiger partial charge is 0.493 e. The molecule has 2 aromatic rings. The van der Waals surface area contributed by atoms with E-state index in [0.717, 1.165) is 11.3 Å². The minimum atomic E-state index is -0.444. The van der Waals surface area contributed by atoms with Gasteiger partial charge < -0.3 is 19.2 Å². The van der Waals surface area contributed by atoms with Gasteiger partial charge in [0, 0.05) is 17.7 Å². The summed E-state index contributed by atoms with van der Waals surface area (Å²) in [5.74, 6) is 0.873. The van der Waals surface area contributed by atoms with E-state index in [4.69, 9.17) is 14.2 Å². The molecule has 0 aliphatic heterocycles. The lowest BCUT2D eigenvalue weighted by molar-refractivity contribution is 0.0542.